The zero-order valence-electron chi connectivity index (χ0n) is 14.5. The molecule has 0 spiro atoms. The maximum atomic E-state index is 6.14. The van der Waals surface area contributed by atoms with Gasteiger partial charge in [-0.1, -0.05) is 27.7 Å². The summed E-state index contributed by atoms with van der Waals surface area (Å²) in [6.07, 6.45) is 2.75. The fourth-order valence-electron chi connectivity index (χ4n) is 2.14. The van der Waals surface area contributed by atoms with E-state index in [-0.39, 0.29) is 0 Å². The highest BCUT2D eigenvalue weighted by atomic mass is 16.5. The van der Waals surface area contributed by atoms with Gasteiger partial charge in [-0.15, -0.1) is 0 Å². The minimum absolute atomic E-state index is 0.505. The number of hydrogen-bond acceptors (Lipinski definition) is 6. The van der Waals surface area contributed by atoms with Crippen LogP contribution in [0.3, 0.4) is 0 Å². The van der Waals surface area contributed by atoms with Crippen molar-refractivity contribution in [3.8, 4) is 5.88 Å². The molecule has 0 atom stereocenters. The van der Waals surface area contributed by atoms with Gasteiger partial charge < -0.3 is 20.7 Å². The van der Waals surface area contributed by atoms with Gasteiger partial charge in [0, 0.05) is 19.5 Å². The molecule has 0 bridgehead atoms. The van der Waals surface area contributed by atoms with E-state index in [1.807, 2.05) is 0 Å². The van der Waals surface area contributed by atoms with Gasteiger partial charge in [0.1, 0.15) is 11.5 Å². The van der Waals surface area contributed by atoms with E-state index in [4.69, 9.17) is 10.5 Å². The third-order valence-electron chi connectivity index (χ3n) is 3.49. The number of aromatic nitrogens is 2. The maximum absolute atomic E-state index is 6.14. The number of rotatable bonds is 11. The summed E-state index contributed by atoms with van der Waals surface area (Å²) < 4.78 is 5.66. The van der Waals surface area contributed by atoms with Crippen molar-refractivity contribution < 1.29 is 4.74 Å². The van der Waals surface area contributed by atoms with Gasteiger partial charge in [0.05, 0.1) is 6.61 Å². The zero-order chi connectivity index (χ0) is 16.4. The molecule has 0 saturated heterocycles. The average molecular weight is 309 g/mol. The van der Waals surface area contributed by atoms with Gasteiger partial charge in [0.25, 0.3) is 0 Å². The molecule has 22 heavy (non-hydrogen) atoms. The quantitative estimate of drug-likeness (QED) is 0.654. The van der Waals surface area contributed by atoms with Crippen LogP contribution >= 0.6 is 0 Å². The van der Waals surface area contributed by atoms with Crippen LogP contribution in [-0.4, -0.2) is 47.7 Å². The van der Waals surface area contributed by atoms with E-state index in [2.05, 4.69) is 47.9 Å². The number of hydrogen-bond donors (Lipinski definition) is 2. The van der Waals surface area contributed by atoms with E-state index < -0.39 is 0 Å². The molecule has 1 rings (SSSR count). The number of anilines is 2. The molecule has 1 aromatic heterocycles. The Morgan fingerprint density at radius 1 is 1.09 bits per heavy atom. The van der Waals surface area contributed by atoms with Crippen LogP contribution in [0.25, 0.3) is 0 Å². The molecular weight excluding hydrogens is 278 g/mol. The fraction of sp³-hybridized carbons (Fsp3) is 0.750. The standard InChI is InChI=1S/C16H31N5O/c1-5-9-13-19-15(18-10-11-21(7-3)8-4)14(17)16(20-13)22-12-6-2/h5-12,17H2,1-4H3,(H,18,19,20). The normalized spacial score (nSPS) is 11.0. The first kappa shape index (κ1) is 18.5. The number of nitrogens with one attached hydrogen (secondary N) is 1. The SMILES string of the molecule is CCCOc1nc(CCC)nc(NCCN(CC)CC)c1N. The number of nitrogen functional groups attached to an aromatic ring is 1. The second-order valence-electron chi connectivity index (χ2n) is 5.26. The number of aryl methyl sites for hydroxylation is 1. The van der Waals surface area contributed by atoms with Gasteiger partial charge in [-0.3, -0.25) is 0 Å². The minimum atomic E-state index is 0.505. The molecule has 0 amide bonds. The van der Waals surface area contributed by atoms with Gasteiger partial charge in [-0.25, -0.2) is 4.98 Å². The molecule has 126 valence electrons. The molecule has 0 aliphatic heterocycles. The van der Waals surface area contributed by atoms with Crippen molar-refractivity contribution in [2.24, 2.45) is 0 Å². The molecule has 3 N–H and O–H groups in total. The number of nitrogens with two attached hydrogens (primary N) is 1. The Morgan fingerprint density at radius 2 is 1.82 bits per heavy atom. The second kappa shape index (κ2) is 10.2. The highest BCUT2D eigenvalue weighted by molar-refractivity contribution is 5.66. The summed E-state index contributed by atoms with van der Waals surface area (Å²) in [6.45, 7) is 13.0. The van der Waals surface area contributed by atoms with E-state index in [9.17, 15) is 0 Å². The molecule has 6 heteroatoms. The molecular formula is C16H31N5O. The van der Waals surface area contributed by atoms with Crippen molar-refractivity contribution in [3.05, 3.63) is 5.82 Å². The first-order chi connectivity index (χ1) is 10.7. The molecule has 0 radical (unpaired) electrons. The van der Waals surface area contributed by atoms with E-state index in [0.29, 0.717) is 24.0 Å². The molecule has 1 aromatic rings. The van der Waals surface area contributed by atoms with Crippen LogP contribution < -0.4 is 15.8 Å². The number of nitrogens with zero attached hydrogens (tertiary/aromatic N) is 3. The van der Waals surface area contributed by atoms with Crippen LogP contribution in [0.1, 0.15) is 46.4 Å². The van der Waals surface area contributed by atoms with Gasteiger partial charge in [-0.05, 0) is 25.9 Å². The molecule has 0 saturated carbocycles. The Bertz CT molecular complexity index is 435. The van der Waals surface area contributed by atoms with Crippen LogP contribution in [0.4, 0.5) is 11.5 Å². The lowest BCUT2D eigenvalue weighted by atomic mass is 10.3. The van der Waals surface area contributed by atoms with Crippen LogP contribution in [0.15, 0.2) is 0 Å². The molecule has 1 heterocycles. The van der Waals surface area contributed by atoms with Crippen molar-refractivity contribution in [3.63, 3.8) is 0 Å². The highest BCUT2D eigenvalue weighted by Crippen LogP contribution is 2.26. The van der Waals surface area contributed by atoms with Crippen molar-refractivity contribution >= 4 is 11.5 Å². The predicted molar refractivity (Wildman–Crippen MR) is 92.5 cm³/mol. The largest absolute Gasteiger partial charge is 0.476 e. The van der Waals surface area contributed by atoms with Crippen LogP contribution in [0, 0.1) is 0 Å². The number of likely N-dealkylation sites (N-methyl/N-ethyl adjacent to an activating group) is 1. The van der Waals surface area contributed by atoms with Gasteiger partial charge in [0.2, 0.25) is 5.88 Å². The molecule has 0 aliphatic carbocycles. The lowest BCUT2D eigenvalue weighted by Crippen LogP contribution is -2.29. The Kier molecular flexibility index (Phi) is 8.58. The summed E-state index contributed by atoms with van der Waals surface area (Å²) in [5.41, 5.74) is 6.65. The highest BCUT2D eigenvalue weighted by Gasteiger charge is 2.13. The van der Waals surface area contributed by atoms with Crippen molar-refractivity contribution in [1.82, 2.24) is 14.9 Å². The van der Waals surface area contributed by atoms with Crippen LogP contribution in [-0.2, 0) is 6.42 Å². The summed E-state index contributed by atoms with van der Waals surface area (Å²) in [7, 11) is 0. The minimum Gasteiger partial charge on any atom is -0.476 e. The van der Waals surface area contributed by atoms with E-state index in [1.54, 1.807) is 0 Å². The lowest BCUT2D eigenvalue weighted by molar-refractivity contribution is 0.305. The van der Waals surface area contributed by atoms with Gasteiger partial charge >= 0.3 is 0 Å². The van der Waals surface area contributed by atoms with E-state index in [0.717, 1.165) is 51.3 Å². The third kappa shape index (κ3) is 5.67. The topological polar surface area (TPSA) is 76.3 Å². The molecule has 6 nitrogen and oxygen atoms in total. The Morgan fingerprint density at radius 3 is 2.41 bits per heavy atom. The molecule has 0 aliphatic rings. The Hall–Kier alpha value is -1.56. The molecule has 0 unspecified atom stereocenters. The van der Waals surface area contributed by atoms with Crippen LogP contribution in [0.2, 0.25) is 0 Å². The first-order valence-electron chi connectivity index (χ1n) is 8.41. The first-order valence-corrected chi connectivity index (χ1v) is 8.41. The maximum Gasteiger partial charge on any atom is 0.242 e. The summed E-state index contributed by atoms with van der Waals surface area (Å²) in [5, 5.41) is 3.33. The second-order valence-corrected chi connectivity index (χ2v) is 5.26. The predicted octanol–water partition coefficient (Wildman–Crippen LogP) is 2.55. The Labute approximate surface area is 134 Å². The molecule has 0 aromatic carbocycles. The summed E-state index contributed by atoms with van der Waals surface area (Å²) in [5.74, 6) is 1.98. The summed E-state index contributed by atoms with van der Waals surface area (Å²) >= 11 is 0. The van der Waals surface area contributed by atoms with E-state index in [1.165, 1.54) is 0 Å². The zero-order valence-corrected chi connectivity index (χ0v) is 14.5. The smallest absolute Gasteiger partial charge is 0.242 e. The molecule has 0 fully saturated rings. The third-order valence-corrected chi connectivity index (χ3v) is 3.49. The van der Waals surface area contributed by atoms with Gasteiger partial charge in [-0.2, -0.15) is 4.98 Å². The van der Waals surface area contributed by atoms with Crippen molar-refractivity contribution in [1.29, 1.82) is 0 Å². The summed E-state index contributed by atoms with van der Waals surface area (Å²) in [6, 6.07) is 0. The summed E-state index contributed by atoms with van der Waals surface area (Å²) in [4.78, 5) is 11.3. The van der Waals surface area contributed by atoms with E-state index >= 15 is 0 Å². The van der Waals surface area contributed by atoms with Crippen LogP contribution in [0.5, 0.6) is 5.88 Å². The van der Waals surface area contributed by atoms with Gasteiger partial charge in [0.15, 0.2) is 5.82 Å². The average Bonchev–Trinajstić information content (AvgIpc) is 2.53. The fourth-order valence-corrected chi connectivity index (χ4v) is 2.14. The monoisotopic (exact) mass is 309 g/mol. The lowest BCUT2D eigenvalue weighted by Gasteiger charge is -2.19. The number of ether oxygens (including phenoxy) is 1. The Balaban J connectivity index is 2.79. The van der Waals surface area contributed by atoms with Crippen molar-refractivity contribution in [2.75, 3.05) is 43.8 Å². The van der Waals surface area contributed by atoms with Crippen molar-refractivity contribution in [2.45, 2.75) is 47.0 Å².